The zero-order chi connectivity index (χ0) is 13.9. The molecule has 0 aromatic heterocycles. The molecule has 1 saturated carbocycles. The number of carboxylic acids is 1. The first kappa shape index (κ1) is 13.5. The Morgan fingerprint density at radius 2 is 1.95 bits per heavy atom. The van der Waals surface area contributed by atoms with E-state index in [4.69, 9.17) is 10.8 Å². The lowest BCUT2D eigenvalue weighted by molar-refractivity contribution is -0.143. The molecule has 5 nitrogen and oxygen atoms in total. The van der Waals surface area contributed by atoms with Crippen molar-refractivity contribution in [3.05, 3.63) is 35.9 Å². The summed E-state index contributed by atoms with van der Waals surface area (Å²) in [5.41, 5.74) is 6.06. The van der Waals surface area contributed by atoms with Crippen molar-refractivity contribution in [2.24, 2.45) is 11.1 Å². The number of benzene rings is 1. The van der Waals surface area contributed by atoms with E-state index in [0.29, 0.717) is 19.3 Å². The maximum Gasteiger partial charge on any atom is 0.311 e. The normalized spacial score (nSPS) is 17.5. The van der Waals surface area contributed by atoms with E-state index in [2.05, 4.69) is 5.32 Å². The Labute approximate surface area is 111 Å². The van der Waals surface area contributed by atoms with Crippen LogP contribution < -0.4 is 11.1 Å². The van der Waals surface area contributed by atoms with Crippen LogP contribution in [0.4, 0.5) is 0 Å². The van der Waals surface area contributed by atoms with Crippen molar-refractivity contribution < 1.29 is 14.7 Å². The van der Waals surface area contributed by atoms with Crippen LogP contribution in [0.2, 0.25) is 0 Å². The Bertz CT molecular complexity index is 469. The van der Waals surface area contributed by atoms with E-state index in [-0.39, 0.29) is 12.5 Å². The third kappa shape index (κ3) is 3.32. The van der Waals surface area contributed by atoms with Crippen LogP contribution in [0, 0.1) is 5.41 Å². The van der Waals surface area contributed by atoms with Gasteiger partial charge < -0.3 is 16.2 Å². The number of carbonyl (C=O) groups is 2. The molecule has 1 aromatic rings. The number of nitrogens with one attached hydrogen (secondary N) is 1. The molecule has 102 valence electrons. The van der Waals surface area contributed by atoms with Crippen molar-refractivity contribution in [1.29, 1.82) is 0 Å². The second-order valence-corrected chi connectivity index (χ2v) is 5.10. The lowest BCUT2D eigenvalue weighted by atomic mass is 10.0. The van der Waals surface area contributed by atoms with Gasteiger partial charge in [0.2, 0.25) is 5.91 Å². The maximum absolute atomic E-state index is 11.8. The summed E-state index contributed by atoms with van der Waals surface area (Å²) in [7, 11) is 0. The van der Waals surface area contributed by atoms with E-state index in [1.54, 1.807) is 0 Å². The molecule has 0 spiro atoms. The van der Waals surface area contributed by atoms with Crippen LogP contribution in [0.3, 0.4) is 0 Å². The van der Waals surface area contributed by atoms with Gasteiger partial charge in [-0.2, -0.15) is 0 Å². The van der Waals surface area contributed by atoms with Gasteiger partial charge in [-0.3, -0.25) is 9.59 Å². The Hall–Kier alpha value is -1.88. The molecule has 1 atom stereocenters. The average molecular weight is 262 g/mol. The quantitative estimate of drug-likeness (QED) is 0.697. The molecule has 1 aliphatic rings. The Morgan fingerprint density at radius 3 is 2.47 bits per heavy atom. The van der Waals surface area contributed by atoms with Gasteiger partial charge in [0.15, 0.2) is 0 Å². The van der Waals surface area contributed by atoms with E-state index in [1.165, 1.54) is 0 Å². The van der Waals surface area contributed by atoms with Crippen molar-refractivity contribution in [3.63, 3.8) is 0 Å². The molecule has 1 fully saturated rings. The van der Waals surface area contributed by atoms with E-state index in [9.17, 15) is 9.59 Å². The molecule has 2 rings (SSSR count). The number of carbonyl (C=O) groups excluding carboxylic acids is 1. The minimum atomic E-state index is -0.843. The molecule has 1 aromatic carbocycles. The number of hydrogen-bond acceptors (Lipinski definition) is 3. The first-order valence-electron chi connectivity index (χ1n) is 6.34. The SMILES string of the molecule is N[C@H](Cc1ccccc1)C(=O)NCC1(C(=O)O)CC1. The molecule has 19 heavy (non-hydrogen) atoms. The fourth-order valence-corrected chi connectivity index (χ4v) is 1.97. The summed E-state index contributed by atoms with van der Waals surface area (Å²) in [5, 5.41) is 11.6. The summed E-state index contributed by atoms with van der Waals surface area (Å²) in [5.74, 6) is -1.14. The summed E-state index contributed by atoms with van der Waals surface area (Å²) in [6.07, 6.45) is 1.69. The van der Waals surface area contributed by atoms with Gasteiger partial charge in [-0.05, 0) is 24.8 Å². The highest BCUT2D eigenvalue weighted by atomic mass is 16.4. The molecular formula is C14H18N2O3. The molecule has 0 radical (unpaired) electrons. The topological polar surface area (TPSA) is 92.4 Å². The van der Waals surface area contributed by atoms with Crippen LogP contribution in [0.25, 0.3) is 0 Å². The summed E-state index contributed by atoms with van der Waals surface area (Å²) in [4.78, 5) is 22.8. The zero-order valence-corrected chi connectivity index (χ0v) is 10.6. The molecule has 0 unspecified atom stereocenters. The van der Waals surface area contributed by atoms with Crippen molar-refractivity contribution in [2.75, 3.05) is 6.54 Å². The summed E-state index contributed by atoms with van der Waals surface area (Å²) >= 11 is 0. The third-order valence-electron chi connectivity index (χ3n) is 3.54. The highest BCUT2D eigenvalue weighted by Gasteiger charge is 2.50. The monoisotopic (exact) mass is 262 g/mol. The van der Waals surface area contributed by atoms with Crippen molar-refractivity contribution in [2.45, 2.75) is 25.3 Å². The number of aliphatic carboxylic acids is 1. The number of carboxylic acid groups (broad SMARTS) is 1. The van der Waals surface area contributed by atoms with Gasteiger partial charge in [-0.15, -0.1) is 0 Å². The van der Waals surface area contributed by atoms with Gasteiger partial charge in [0.1, 0.15) is 0 Å². The minimum absolute atomic E-state index is 0.170. The van der Waals surface area contributed by atoms with Crippen LogP contribution in [0.1, 0.15) is 18.4 Å². The smallest absolute Gasteiger partial charge is 0.311 e. The first-order valence-corrected chi connectivity index (χ1v) is 6.34. The van der Waals surface area contributed by atoms with E-state index in [1.807, 2.05) is 30.3 Å². The molecule has 0 heterocycles. The standard InChI is InChI=1S/C14H18N2O3/c15-11(8-10-4-2-1-3-5-10)12(17)16-9-14(6-7-14)13(18)19/h1-5,11H,6-9,15H2,(H,16,17)(H,18,19)/t11-/m1/s1. The molecule has 0 bridgehead atoms. The fourth-order valence-electron chi connectivity index (χ4n) is 1.97. The van der Waals surface area contributed by atoms with Gasteiger partial charge in [0.05, 0.1) is 11.5 Å². The van der Waals surface area contributed by atoms with Gasteiger partial charge in [0, 0.05) is 6.54 Å². The second kappa shape index (κ2) is 5.40. The highest BCUT2D eigenvalue weighted by molar-refractivity contribution is 5.84. The van der Waals surface area contributed by atoms with Crippen LogP contribution in [-0.4, -0.2) is 29.6 Å². The molecule has 0 aliphatic heterocycles. The average Bonchev–Trinajstić information content (AvgIpc) is 3.18. The Morgan fingerprint density at radius 1 is 1.32 bits per heavy atom. The van der Waals surface area contributed by atoms with Gasteiger partial charge >= 0.3 is 5.97 Å². The first-order chi connectivity index (χ1) is 9.03. The highest BCUT2D eigenvalue weighted by Crippen LogP contribution is 2.45. The molecule has 0 saturated heterocycles. The summed E-state index contributed by atoms with van der Waals surface area (Å²) < 4.78 is 0. The van der Waals surface area contributed by atoms with Crippen LogP contribution in [0.15, 0.2) is 30.3 Å². The lowest BCUT2D eigenvalue weighted by Crippen LogP contribution is -2.45. The second-order valence-electron chi connectivity index (χ2n) is 5.10. The number of amides is 1. The zero-order valence-electron chi connectivity index (χ0n) is 10.6. The van der Waals surface area contributed by atoms with E-state index in [0.717, 1.165) is 5.56 Å². The van der Waals surface area contributed by atoms with E-state index >= 15 is 0 Å². The Kier molecular flexibility index (Phi) is 3.85. The van der Waals surface area contributed by atoms with Crippen LogP contribution >= 0.6 is 0 Å². The molecule has 5 heteroatoms. The van der Waals surface area contributed by atoms with E-state index < -0.39 is 17.4 Å². The van der Waals surface area contributed by atoms with Gasteiger partial charge in [-0.1, -0.05) is 30.3 Å². The van der Waals surface area contributed by atoms with Crippen LogP contribution in [-0.2, 0) is 16.0 Å². The minimum Gasteiger partial charge on any atom is -0.481 e. The molecule has 1 amide bonds. The summed E-state index contributed by atoms with van der Waals surface area (Å²) in [6.45, 7) is 0.170. The Balaban J connectivity index is 1.82. The predicted octanol–water partition coefficient (Wildman–Crippen LogP) is 0.537. The largest absolute Gasteiger partial charge is 0.481 e. The molecule has 1 aliphatic carbocycles. The lowest BCUT2D eigenvalue weighted by Gasteiger charge is -2.15. The van der Waals surface area contributed by atoms with Crippen LogP contribution in [0.5, 0.6) is 0 Å². The maximum atomic E-state index is 11.8. The molecular weight excluding hydrogens is 244 g/mol. The van der Waals surface area contributed by atoms with Gasteiger partial charge in [-0.25, -0.2) is 0 Å². The fraction of sp³-hybridized carbons (Fsp3) is 0.429. The van der Waals surface area contributed by atoms with Crippen molar-refractivity contribution in [1.82, 2.24) is 5.32 Å². The third-order valence-corrected chi connectivity index (χ3v) is 3.54. The van der Waals surface area contributed by atoms with Gasteiger partial charge in [0.25, 0.3) is 0 Å². The summed E-state index contributed by atoms with van der Waals surface area (Å²) in [6, 6.07) is 8.86. The number of hydrogen-bond donors (Lipinski definition) is 3. The van der Waals surface area contributed by atoms with Crippen molar-refractivity contribution in [3.8, 4) is 0 Å². The van der Waals surface area contributed by atoms with Crippen molar-refractivity contribution >= 4 is 11.9 Å². The predicted molar refractivity (Wildman–Crippen MR) is 70.4 cm³/mol. The number of nitrogens with two attached hydrogens (primary N) is 1. The molecule has 4 N–H and O–H groups in total. The number of rotatable bonds is 6.